The van der Waals surface area contributed by atoms with Crippen LogP contribution in [0.15, 0.2) is 0 Å². The molecule has 2 saturated carbocycles. The van der Waals surface area contributed by atoms with E-state index in [1.165, 1.54) is 0 Å². The molecule has 0 N–H and O–H groups in total. The highest BCUT2D eigenvalue weighted by molar-refractivity contribution is 6.65. The Kier molecular flexibility index (Phi) is 8.58. The fourth-order valence-corrected chi connectivity index (χ4v) is 4.26. The summed E-state index contributed by atoms with van der Waals surface area (Å²) in [6.45, 7) is 3.77. The van der Waals surface area contributed by atoms with Gasteiger partial charge in [0.1, 0.15) is 0 Å². The molecule has 33 heavy (non-hydrogen) atoms. The fourth-order valence-electron chi connectivity index (χ4n) is 3.31. The van der Waals surface area contributed by atoms with Gasteiger partial charge in [0.2, 0.25) is 23.1 Å². The van der Waals surface area contributed by atoms with Crippen molar-refractivity contribution in [3.05, 3.63) is 11.1 Å². The predicted octanol–water partition coefficient (Wildman–Crippen LogP) is -0.0354. The number of esters is 1. The largest absolute Gasteiger partial charge is 0.516 e. The SMILES string of the molecule is CC(C)(CCOC(=O)C1CC(=O)C(=[N+]=[N-])C(=O)C1)C[Si]OC(=O)C1CC(=O)C(=[N+]=[N-])C(=O)C1. The Balaban J connectivity index is 1.74. The summed E-state index contributed by atoms with van der Waals surface area (Å²) >= 11 is 0. The van der Waals surface area contributed by atoms with E-state index in [9.17, 15) is 28.8 Å². The molecular weight excluding hydrogens is 452 g/mol. The lowest BCUT2D eigenvalue weighted by atomic mass is 9.86. The van der Waals surface area contributed by atoms with Crippen molar-refractivity contribution < 1.29 is 47.5 Å². The van der Waals surface area contributed by atoms with Gasteiger partial charge in [0.05, 0.1) is 18.4 Å². The number of carbonyl (C=O) groups excluding carboxylic acids is 6. The van der Waals surface area contributed by atoms with Crippen LogP contribution in [0.2, 0.25) is 6.04 Å². The maximum atomic E-state index is 12.2. The smallest absolute Gasteiger partial charge is 0.400 e. The first-order valence-electron chi connectivity index (χ1n) is 10.2. The van der Waals surface area contributed by atoms with Gasteiger partial charge >= 0.3 is 27.2 Å². The Hall–Kier alpha value is -3.40. The zero-order valence-electron chi connectivity index (χ0n) is 18.2. The van der Waals surface area contributed by atoms with Gasteiger partial charge in [0.15, 0.2) is 0 Å². The molecule has 0 aromatic carbocycles. The monoisotopic (exact) mass is 474 g/mol. The van der Waals surface area contributed by atoms with Gasteiger partial charge in [-0.05, 0) is 17.9 Å². The van der Waals surface area contributed by atoms with E-state index >= 15 is 0 Å². The predicted molar refractivity (Wildman–Crippen MR) is 109 cm³/mol. The second-order valence-corrected chi connectivity index (χ2v) is 9.47. The molecule has 0 aromatic rings. The molecule has 12 nitrogen and oxygen atoms in total. The summed E-state index contributed by atoms with van der Waals surface area (Å²) in [5, 5.41) is 0. The average Bonchev–Trinajstić information content (AvgIpc) is 2.72. The molecule has 2 radical (unpaired) electrons. The fraction of sp³-hybridized carbons (Fsp3) is 0.600. The van der Waals surface area contributed by atoms with E-state index in [0.717, 1.165) is 0 Å². The first-order chi connectivity index (χ1) is 15.5. The number of nitrogens with zero attached hydrogens (tertiary/aromatic N) is 4. The molecule has 13 heteroatoms. The summed E-state index contributed by atoms with van der Waals surface area (Å²) < 4.78 is 10.4. The molecule has 2 aliphatic carbocycles. The molecule has 0 unspecified atom stereocenters. The summed E-state index contributed by atoms with van der Waals surface area (Å²) in [4.78, 5) is 76.6. The van der Waals surface area contributed by atoms with Gasteiger partial charge in [-0.2, -0.15) is 9.58 Å². The lowest BCUT2D eigenvalue weighted by molar-refractivity contribution is -0.153. The number of ether oxygens (including phenoxy) is 1. The van der Waals surface area contributed by atoms with Gasteiger partial charge in [0, 0.05) is 25.7 Å². The van der Waals surface area contributed by atoms with Crippen molar-refractivity contribution in [3.8, 4) is 0 Å². The molecule has 0 bridgehead atoms. The van der Waals surface area contributed by atoms with Crippen LogP contribution < -0.4 is 0 Å². The molecule has 0 atom stereocenters. The minimum absolute atomic E-state index is 0.0268. The van der Waals surface area contributed by atoms with Gasteiger partial charge in [-0.1, -0.05) is 13.8 Å². The number of carbonyl (C=O) groups is 6. The van der Waals surface area contributed by atoms with Crippen LogP contribution in [-0.2, 0) is 37.9 Å². The van der Waals surface area contributed by atoms with Gasteiger partial charge in [-0.3, -0.25) is 28.8 Å². The molecule has 2 rings (SSSR count). The maximum absolute atomic E-state index is 12.2. The lowest BCUT2D eigenvalue weighted by Gasteiger charge is -2.24. The molecule has 0 spiro atoms. The highest BCUT2D eigenvalue weighted by Gasteiger charge is 2.43. The van der Waals surface area contributed by atoms with Crippen molar-refractivity contribution in [2.45, 2.75) is 52.0 Å². The van der Waals surface area contributed by atoms with Crippen molar-refractivity contribution in [3.63, 3.8) is 0 Å². The second-order valence-electron chi connectivity index (χ2n) is 8.62. The first kappa shape index (κ1) is 25.9. The Bertz CT molecular complexity index is 890. The summed E-state index contributed by atoms with van der Waals surface area (Å²) in [7, 11) is -0.251. The molecular formula is C20H22N4O8Si. The van der Waals surface area contributed by atoms with Crippen LogP contribution in [0, 0.1) is 17.3 Å². The number of Topliss-reactive ketones (excluding diaryl/α,β-unsaturated/α-hetero) is 4. The van der Waals surface area contributed by atoms with Crippen LogP contribution in [0.3, 0.4) is 0 Å². The Morgan fingerprint density at radius 2 is 1.30 bits per heavy atom. The van der Waals surface area contributed by atoms with E-state index in [0.29, 0.717) is 12.5 Å². The molecule has 0 aliphatic heterocycles. The summed E-state index contributed by atoms with van der Waals surface area (Å²) in [6, 6.07) is 0.435. The van der Waals surface area contributed by atoms with Crippen LogP contribution in [0.5, 0.6) is 0 Å². The van der Waals surface area contributed by atoms with E-state index in [2.05, 4.69) is 9.58 Å². The number of hydrogen-bond acceptors (Lipinski definition) is 8. The average molecular weight is 475 g/mol. The van der Waals surface area contributed by atoms with Crippen LogP contribution >= 0.6 is 0 Å². The van der Waals surface area contributed by atoms with Crippen LogP contribution in [0.25, 0.3) is 11.1 Å². The van der Waals surface area contributed by atoms with Crippen LogP contribution in [-0.4, -0.2) is 72.4 Å². The van der Waals surface area contributed by atoms with Crippen LogP contribution in [0.1, 0.15) is 46.0 Å². The van der Waals surface area contributed by atoms with Gasteiger partial charge < -0.3 is 20.2 Å². The third-order valence-corrected chi connectivity index (χ3v) is 6.84. The topological polar surface area (TPSA) is 194 Å². The third-order valence-electron chi connectivity index (χ3n) is 5.40. The molecule has 0 saturated heterocycles. The highest BCUT2D eigenvalue weighted by atomic mass is 28.2. The Labute approximate surface area is 191 Å². The number of rotatable bonds is 8. The molecule has 2 fully saturated rings. The number of hydrogen-bond donors (Lipinski definition) is 0. The van der Waals surface area contributed by atoms with Crippen LogP contribution in [0.4, 0.5) is 0 Å². The minimum atomic E-state index is -0.918. The summed E-state index contributed by atoms with van der Waals surface area (Å²) in [6.07, 6.45) is -0.625. The zero-order valence-corrected chi connectivity index (χ0v) is 19.2. The third kappa shape index (κ3) is 6.79. The zero-order chi connectivity index (χ0) is 24.8. The van der Waals surface area contributed by atoms with Crippen molar-refractivity contribution >= 4 is 56.3 Å². The standard InChI is InChI=1S/C20H22N4O8Si/c1-20(2,3-4-31-18(29)10-5-12(25)16(23-21)13(26)6-10)9-33-32-19(30)11-7-14(27)17(24-22)15(28)8-11/h10-11H,3-9H2,1-2H3. The van der Waals surface area contributed by atoms with Gasteiger partial charge in [0.25, 0.3) is 5.97 Å². The molecule has 0 aromatic heterocycles. The first-order valence-corrected chi connectivity index (χ1v) is 11.3. The molecule has 2 aliphatic rings. The lowest BCUT2D eigenvalue weighted by Crippen LogP contribution is -2.38. The highest BCUT2D eigenvalue weighted by Crippen LogP contribution is 2.27. The molecule has 174 valence electrons. The van der Waals surface area contributed by atoms with Gasteiger partial charge in [-0.15, -0.1) is 0 Å². The molecule has 0 amide bonds. The van der Waals surface area contributed by atoms with Crippen molar-refractivity contribution in [1.82, 2.24) is 0 Å². The normalized spacial score (nSPS) is 21.4. The summed E-state index contributed by atoms with van der Waals surface area (Å²) in [5.74, 6) is -6.02. The van der Waals surface area contributed by atoms with E-state index < -0.39 is 58.3 Å². The maximum Gasteiger partial charge on any atom is 0.400 e. The van der Waals surface area contributed by atoms with Crippen molar-refractivity contribution in [1.29, 1.82) is 0 Å². The van der Waals surface area contributed by atoms with E-state index in [1.54, 1.807) is 0 Å². The number of ketones is 4. The molecule has 0 heterocycles. The van der Waals surface area contributed by atoms with E-state index in [-0.39, 0.29) is 47.5 Å². The van der Waals surface area contributed by atoms with Gasteiger partial charge in [-0.25, -0.2) is 0 Å². The Morgan fingerprint density at radius 1 is 0.879 bits per heavy atom. The minimum Gasteiger partial charge on any atom is -0.516 e. The van der Waals surface area contributed by atoms with Crippen molar-refractivity contribution in [2.75, 3.05) is 6.61 Å². The van der Waals surface area contributed by atoms with E-state index in [1.807, 2.05) is 13.8 Å². The Morgan fingerprint density at radius 3 is 1.73 bits per heavy atom. The van der Waals surface area contributed by atoms with E-state index in [4.69, 9.17) is 20.2 Å². The second kappa shape index (κ2) is 11.0. The summed E-state index contributed by atoms with van der Waals surface area (Å²) in [5.41, 5.74) is 15.8. The van der Waals surface area contributed by atoms with Crippen molar-refractivity contribution in [2.24, 2.45) is 17.3 Å². The quantitative estimate of drug-likeness (QED) is 0.202.